The van der Waals surface area contributed by atoms with Crippen molar-refractivity contribution in [2.24, 2.45) is 5.92 Å². The van der Waals surface area contributed by atoms with Gasteiger partial charge in [-0.1, -0.05) is 204 Å². The molecule has 1 heterocycles. The van der Waals surface area contributed by atoms with Crippen LogP contribution in [0.1, 0.15) is 33.0 Å². The Hall–Kier alpha value is -6.28. The van der Waals surface area contributed by atoms with Crippen molar-refractivity contribution in [1.29, 1.82) is 0 Å². The quantitative estimate of drug-likeness (QED) is 0.174. The lowest BCUT2D eigenvalue weighted by atomic mass is 9.75. The van der Waals surface area contributed by atoms with E-state index in [1.54, 1.807) is 48.5 Å². The summed E-state index contributed by atoms with van der Waals surface area (Å²) in [6.07, 6.45) is -1.30. The van der Waals surface area contributed by atoms with Gasteiger partial charge in [-0.3, -0.25) is 4.79 Å². The smallest absolute Gasteiger partial charge is 0.338 e. The highest BCUT2D eigenvalue weighted by Gasteiger charge is 2.77. The van der Waals surface area contributed by atoms with E-state index in [1.807, 2.05) is 170 Å². The number of ether oxygens (including phenoxy) is 3. The zero-order valence-corrected chi connectivity index (χ0v) is 33.0. The van der Waals surface area contributed by atoms with Gasteiger partial charge < -0.3 is 19.3 Å². The fraction of sp³-hybridized carbons (Fsp3) is 0.120. The van der Waals surface area contributed by atoms with Crippen LogP contribution in [0.25, 0.3) is 0 Å². The van der Waals surface area contributed by atoms with E-state index in [4.69, 9.17) is 14.2 Å². The number of carbonyl (C=O) groups is 2. The van der Waals surface area contributed by atoms with E-state index in [-0.39, 0.29) is 0 Å². The molecule has 0 saturated heterocycles. The number of halogens is 1. The topological polar surface area (TPSA) is 82.1 Å². The number of fused-ring (bicyclic) bond motifs is 4. The summed E-state index contributed by atoms with van der Waals surface area (Å²) in [5.41, 5.74) is -1.37. The van der Waals surface area contributed by atoms with Crippen molar-refractivity contribution in [2.45, 2.75) is 23.2 Å². The summed E-state index contributed by atoms with van der Waals surface area (Å²) in [5, 5.41) is 12.8. The summed E-state index contributed by atoms with van der Waals surface area (Å²) >= 11 is 3.39. The Bertz CT molecular complexity index is 2100. The largest absolute Gasteiger partial charge is 0.477 e. The van der Waals surface area contributed by atoms with Crippen molar-refractivity contribution < 1.29 is 28.9 Å². The van der Waals surface area contributed by atoms with Crippen LogP contribution in [0.3, 0.4) is 0 Å². The molecule has 9 rings (SSSR count). The van der Waals surface area contributed by atoms with Gasteiger partial charge >= 0.3 is 11.9 Å². The molecule has 1 fully saturated rings. The Labute approximate surface area is 342 Å². The molecule has 1 aliphatic heterocycles. The number of hydrogen-bond acceptors (Lipinski definition) is 6. The average Bonchev–Trinajstić information content (AvgIpc) is 3.44. The molecule has 1 saturated carbocycles. The Balaban J connectivity index is 0.000000248. The minimum Gasteiger partial charge on any atom is -0.477 e. The van der Waals surface area contributed by atoms with Crippen molar-refractivity contribution in [3.63, 3.8) is 0 Å². The van der Waals surface area contributed by atoms with Gasteiger partial charge in [0.1, 0.15) is 17.3 Å². The second-order valence-corrected chi connectivity index (χ2v) is 14.1. The van der Waals surface area contributed by atoms with Crippen molar-refractivity contribution in [1.82, 2.24) is 0 Å². The first-order valence-electron chi connectivity index (χ1n) is 18.6. The van der Waals surface area contributed by atoms with Gasteiger partial charge in [-0.05, 0) is 41.5 Å². The minimum atomic E-state index is -1.97. The molecule has 0 aromatic heterocycles. The molecular weight excluding hydrogens is 776 g/mol. The van der Waals surface area contributed by atoms with Crippen LogP contribution in [0.5, 0.6) is 5.75 Å². The molecular formula is C50H43BrO6. The molecule has 2 bridgehead atoms. The Morgan fingerprint density at radius 2 is 1.00 bits per heavy atom. The van der Waals surface area contributed by atoms with Crippen LogP contribution in [0.2, 0.25) is 0 Å². The Kier molecular flexibility index (Phi) is 13.8. The molecule has 2 aliphatic rings. The van der Waals surface area contributed by atoms with Crippen LogP contribution in [0.4, 0.5) is 0 Å². The minimum absolute atomic E-state index is 0.300. The number of hydrogen-bond donors (Lipinski definition) is 1. The Morgan fingerprint density at radius 1 is 0.579 bits per heavy atom. The summed E-state index contributed by atoms with van der Waals surface area (Å²) in [7, 11) is 1.29. The third-order valence-corrected chi connectivity index (χ3v) is 10.3. The third kappa shape index (κ3) is 9.07. The van der Waals surface area contributed by atoms with E-state index in [2.05, 4.69) is 15.9 Å². The molecule has 1 N–H and O–H groups in total. The van der Waals surface area contributed by atoms with Gasteiger partial charge in [0.2, 0.25) is 0 Å². The number of aliphatic hydroxyl groups is 1. The van der Waals surface area contributed by atoms with Crippen LogP contribution >= 0.6 is 15.9 Å². The van der Waals surface area contributed by atoms with Gasteiger partial charge in [0, 0.05) is 16.0 Å². The summed E-state index contributed by atoms with van der Waals surface area (Å²) in [6.45, 7) is 0. The number of rotatable bonds is 5. The molecule has 0 unspecified atom stereocenters. The summed E-state index contributed by atoms with van der Waals surface area (Å²) in [6, 6.07) is 68.5. The molecule has 7 aromatic carbocycles. The predicted molar refractivity (Wildman–Crippen MR) is 226 cm³/mol. The monoisotopic (exact) mass is 818 g/mol. The van der Waals surface area contributed by atoms with Crippen LogP contribution in [0.15, 0.2) is 223 Å². The molecule has 7 heteroatoms. The second-order valence-electron chi connectivity index (χ2n) is 13.2. The van der Waals surface area contributed by atoms with Crippen molar-refractivity contribution in [2.75, 3.05) is 7.11 Å². The van der Waals surface area contributed by atoms with E-state index in [1.165, 1.54) is 7.11 Å². The van der Waals surface area contributed by atoms with Gasteiger partial charge in [-0.2, -0.15) is 0 Å². The average molecular weight is 820 g/mol. The van der Waals surface area contributed by atoms with Gasteiger partial charge in [-0.25, -0.2) is 4.79 Å². The summed E-state index contributed by atoms with van der Waals surface area (Å²) in [4.78, 5) is 27.3. The highest BCUT2D eigenvalue weighted by molar-refractivity contribution is 9.10. The fourth-order valence-electron chi connectivity index (χ4n) is 7.37. The number of methoxy groups -OCH3 is 1. The fourth-order valence-corrected chi connectivity index (χ4v) is 7.64. The lowest BCUT2D eigenvalue weighted by Gasteiger charge is -2.46. The zero-order valence-electron chi connectivity index (χ0n) is 31.4. The van der Waals surface area contributed by atoms with E-state index < -0.39 is 41.1 Å². The molecule has 57 heavy (non-hydrogen) atoms. The lowest BCUT2D eigenvalue weighted by Crippen LogP contribution is -2.56. The maximum Gasteiger partial charge on any atom is 0.338 e. The second kappa shape index (κ2) is 19.5. The SMILES string of the molecule is COC(=O)[C@H]1[C@H](c2ccccc2)[C@@]2(c3ccccc3)Oc3ccccc3[C@]1(O)[C@@H]2OC(=O)c1ccc(Br)cc1.c1ccccc1.c1ccccc1.c1ccccc1. The molecule has 7 aromatic rings. The number of para-hydroxylation sites is 1. The van der Waals surface area contributed by atoms with Crippen molar-refractivity contribution >= 4 is 27.9 Å². The Morgan fingerprint density at radius 3 is 1.47 bits per heavy atom. The maximum atomic E-state index is 13.7. The molecule has 0 amide bonds. The van der Waals surface area contributed by atoms with Gasteiger partial charge in [-0.15, -0.1) is 0 Å². The first kappa shape index (κ1) is 40.4. The molecule has 5 atom stereocenters. The zero-order chi connectivity index (χ0) is 39.9. The molecule has 0 radical (unpaired) electrons. The van der Waals surface area contributed by atoms with Crippen LogP contribution in [-0.4, -0.2) is 30.3 Å². The van der Waals surface area contributed by atoms with Crippen molar-refractivity contribution in [3.05, 3.63) is 245 Å². The lowest BCUT2D eigenvalue weighted by molar-refractivity contribution is -0.173. The van der Waals surface area contributed by atoms with Crippen LogP contribution in [-0.2, 0) is 25.5 Å². The molecule has 6 nitrogen and oxygen atoms in total. The molecule has 1 aliphatic carbocycles. The van der Waals surface area contributed by atoms with Crippen molar-refractivity contribution in [3.8, 4) is 5.75 Å². The third-order valence-electron chi connectivity index (χ3n) is 9.80. The van der Waals surface area contributed by atoms with Gasteiger partial charge in [0.05, 0.1) is 12.7 Å². The number of carbonyl (C=O) groups excluding carboxylic acids is 2. The first-order valence-corrected chi connectivity index (χ1v) is 19.4. The van der Waals surface area contributed by atoms with E-state index >= 15 is 0 Å². The van der Waals surface area contributed by atoms with E-state index in [0.717, 1.165) is 10.0 Å². The molecule has 286 valence electrons. The normalized spacial score (nSPS) is 20.8. The van der Waals surface area contributed by atoms with E-state index in [0.29, 0.717) is 22.4 Å². The summed E-state index contributed by atoms with van der Waals surface area (Å²) in [5.74, 6) is -2.79. The van der Waals surface area contributed by atoms with Crippen LogP contribution < -0.4 is 4.74 Å². The summed E-state index contributed by atoms with van der Waals surface area (Å²) < 4.78 is 19.2. The first-order chi connectivity index (χ1) is 27.9. The van der Waals surface area contributed by atoms with Gasteiger partial charge in [0.25, 0.3) is 0 Å². The number of esters is 2. The van der Waals surface area contributed by atoms with Crippen LogP contribution in [0, 0.1) is 5.92 Å². The van der Waals surface area contributed by atoms with Gasteiger partial charge in [0.15, 0.2) is 11.7 Å². The highest BCUT2D eigenvalue weighted by Crippen LogP contribution is 2.67. The number of benzene rings is 7. The highest BCUT2D eigenvalue weighted by atomic mass is 79.9. The predicted octanol–water partition coefficient (Wildman–Crippen LogP) is 10.8. The standard InChI is InChI=1S/C32H25BrO6.3C6H6/c1-37-29(35)27-26(20-10-4-2-5-11-20)32(22-12-6-3-7-13-22)30(38-28(34)21-16-18-23(33)19-17-21)31(27,36)24-14-8-9-15-25(24)39-32;3*1-2-4-6-5-3-1/h2-19,26-27,30,36H,1H3;3*1-6H/t26-,27+,30-,31+,32+;;;/m0.../s1. The maximum absolute atomic E-state index is 13.7. The molecule has 0 spiro atoms. The van der Waals surface area contributed by atoms with E-state index in [9.17, 15) is 14.7 Å².